The summed E-state index contributed by atoms with van der Waals surface area (Å²) in [5, 5.41) is 0. The Labute approximate surface area is 76.5 Å². The molecule has 0 amide bonds. The average Bonchev–Trinajstić information content (AvgIpc) is 2.06. The highest BCUT2D eigenvalue weighted by Crippen LogP contribution is 2.15. The van der Waals surface area contributed by atoms with Crippen molar-refractivity contribution in [3.63, 3.8) is 0 Å². The summed E-state index contributed by atoms with van der Waals surface area (Å²) in [7, 11) is 2.20. The quantitative estimate of drug-likeness (QED) is 0.633. The lowest BCUT2D eigenvalue weighted by atomic mass is 10.1. The van der Waals surface area contributed by atoms with E-state index in [-0.39, 0.29) is 0 Å². The third kappa shape index (κ3) is 2.76. The van der Waals surface area contributed by atoms with Gasteiger partial charge in [0.05, 0.1) is 0 Å². The van der Waals surface area contributed by atoms with E-state index in [9.17, 15) is 0 Å². The fraction of sp³-hybridized carbons (Fsp3) is 0.900. The van der Waals surface area contributed by atoms with E-state index in [1.807, 2.05) is 0 Å². The van der Waals surface area contributed by atoms with E-state index < -0.39 is 0 Å². The molecular formula is C10H21N2. The van der Waals surface area contributed by atoms with Gasteiger partial charge in [-0.2, -0.15) is 0 Å². The summed E-state index contributed by atoms with van der Waals surface area (Å²) in [4.78, 5) is 4.93. The molecule has 0 saturated carbocycles. The normalized spacial score (nSPS) is 22.0. The first-order valence-corrected chi connectivity index (χ1v) is 5.00. The standard InChI is InChI=1S/C10H21N2/c1-4-5-10(2)12-8-6-11(3)7-9-12/h4-9H2,1-3H3. The van der Waals surface area contributed by atoms with E-state index in [0.717, 1.165) is 0 Å². The Hall–Kier alpha value is -0.0800. The Kier molecular flexibility index (Phi) is 4.02. The molecule has 1 aliphatic rings. The second-order valence-corrected chi connectivity index (χ2v) is 3.78. The third-order valence-corrected chi connectivity index (χ3v) is 2.65. The van der Waals surface area contributed by atoms with Crippen LogP contribution in [-0.2, 0) is 0 Å². The lowest BCUT2D eigenvalue weighted by Gasteiger charge is -2.35. The van der Waals surface area contributed by atoms with Crippen LogP contribution in [0.15, 0.2) is 0 Å². The molecule has 1 aliphatic heterocycles. The number of piperazine rings is 1. The van der Waals surface area contributed by atoms with Gasteiger partial charge in [0.15, 0.2) is 0 Å². The number of rotatable bonds is 3. The largest absolute Gasteiger partial charge is 0.304 e. The van der Waals surface area contributed by atoms with Crippen LogP contribution < -0.4 is 0 Å². The molecule has 0 spiro atoms. The molecular weight excluding hydrogens is 148 g/mol. The van der Waals surface area contributed by atoms with Gasteiger partial charge in [-0.1, -0.05) is 13.3 Å². The number of likely N-dealkylation sites (N-methyl/N-ethyl adjacent to an activating group) is 1. The summed E-state index contributed by atoms with van der Waals surface area (Å²) in [6.45, 7) is 9.42. The molecule has 1 radical (unpaired) electrons. The molecule has 1 heterocycles. The van der Waals surface area contributed by atoms with Crippen molar-refractivity contribution in [2.24, 2.45) is 0 Å². The van der Waals surface area contributed by atoms with E-state index in [1.54, 1.807) is 6.04 Å². The van der Waals surface area contributed by atoms with E-state index in [2.05, 4.69) is 30.7 Å². The minimum absolute atomic E-state index is 1.22. The van der Waals surface area contributed by atoms with Crippen LogP contribution in [0.2, 0.25) is 0 Å². The highest BCUT2D eigenvalue weighted by atomic mass is 15.3. The first kappa shape index (κ1) is 10.0. The number of hydrogen-bond donors (Lipinski definition) is 0. The molecule has 1 fully saturated rings. The van der Waals surface area contributed by atoms with Gasteiger partial charge in [-0.15, -0.1) is 0 Å². The Bertz CT molecular complexity index is 117. The van der Waals surface area contributed by atoms with E-state index in [4.69, 9.17) is 0 Å². The van der Waals surface area contributed by atoms with Crippen molar-refractivity contribution in [2.45, 2.75) is 26.7 Å². The van der Waals surface area contributed by atoms with E-state index >= 15 is 0 Å². The minimum atomic E-state index is 1.22. The SMILES string of the molecule is CCC[C](C)N1CCN(C)CC1. The first-order valence-electron chi connectivity index (χ1n) is 5.00. The van der Waals surface area contributed by atoms with E-state index in [0.29, 0.717) is 0 Å². The summed E-state index contributed by atoms with van der Waals surface area (Å²) < 4.78 is 0. The molecule has 0 bridgehead atoms. The van der Waals surface area contributed by atoms with Gasteiger partial charge in [-0.3, -0.25) is 4.90 Å². The van der Waals surface area contributed by atoms with Crippen molar-refractivity contribution in [2.75, 3.05) is 33.2 Å². The van der Waals surface area contributed by atoms with Crippen molar-refractivity contribution in [1.82, 2.24) is 9.80 Å². The maximum Gasteiger partial charge on any atom is 0.0363 e. The van der Waals surface area contributed by atoms with Gasteiger partial charge in [-0.25, -0.2) is 0 Å². The fourth-order valence-corrected chi connectivity index (χ4v) is 1.71. The summed E-state index contributed by atoms with van der Waals surface area (Å²) in [6.07, 6.45) is 2.54. The van der Waals surface area contributed by atoms with Gasteiger partial charge < -0.3 is 4.90 Å². The topological polar surface area (TPSA) is 6.48 Å². The summed E-state index contributed by atoms with van der Waals surface area (Å²) in [5.74, 6) is 0. The zero-order valence-electron chi connectivity index (χ0n) is 8.64. The zero-order chi connectivity index (χ0) is 8.97. The molecule has 0 aromatic carbocycles. The maximum atomic E-state index is 2.53. The molecule has 1 saturated heterocycles. The smallest absolute Gasteiger partial charge is 0.0363 e. The van der Waals surface area contributed by atoms with Gasteiger partial charge in [0.2, 0.25) is 0 Å². The lowest BCUT2D eigenvalue weighted by Crippen LogP contribution is -2.45. The van der Waals surface area contributed by atoms with Gasteiger partial charge >= 0.3 is 0 Å². The second kappa shape index (κ2) is 4.83. The molecule has 2 nitrogen and oxygen atoms in total. The van der Waals surface area contributed by atoms with Crippen molar-refractivity contribution in [3.8, 4) is 0 Å². The molecule has 0 unspecified atom stereocenters. The zero-order valence-corrected chi connectivity index (χ0v) is 8.64. The highest BCUT2D eigenvalue weighted by molar-refractivity contribution is 4.87. The van der Waals surface area contributed by atoms with Crippen LogP contribution in [0.25, 0.3) is 0 Å². The van der Waals surface area contributed by atoms with Gasteiger partial charge in [0.1, 0.15) is 0 Å². The van der Waals surface area contributed by atoms with Crippen molar-refractivity contribution < 1.29 is 0 Å². The number of hydrogen-bond acceptors (Lipinski definition) is 2. The van der Waals surface area contributed by atoms with Gasteiger partial charge in [0.25, 0.3) is 0 Å². The predicted molar refractivity (Wildman–Crippen MR) is 52.9 cm³/mol. The molecule has 0 atom stereocenters. The van der Waals surface area contributed by atoms with Crippen LogP contribution in [0.3, 0.4) is 0 Å². The van der Waals surface area contributed by atoms with Crippen LogP contribution >= 0.6 is 0 Å². The summed E-state index contributed by atoms with van der Waals surface area (Å²) >= 11 is 0. The molecule has 0 N–H and O–H groups in total. The van der Waals surface area contributed by atoms with Gasteiger partial charge in [0, 0.05) is 32.2 Å². The van der Waals surface area contributed by atoms with Crippen LogP contribution in [0, 0.1) is 6.04 Å². The van der Waals surface area contributed by atoms with Crippen LogP contribution in [0.4, 0.5) is 0 Å². The van der Waals surface area contributed by atoms with Crippen molar-refractivity contribution >= 4 is 0 Å². The Morgan fingerprint density at radius 1 is 1.17 bits per heavy atom. The molecule has 1 rings (SSSR count). The van der Waals surface area contributed by atoms with Crippen LogP contribution in [-0.4, -0.2) is 43.0 Å². The Morgan fingerprint density at radius 2 is 1.75 bits per heavy atom. The molecule has 2 heteroatoms. The monoisotopic (exact) mass is 169 g/mol. The molecule has 0 aromatic rings. The second-order valence-electron chi connectivity index (χ2n) is 3.78. The van der Waals surface area contributed by atoms with Crippen LogP contribution in [0.1, 0.15) is 26.7 Å². The molecule has 0 aromatic heterocycles. The highest BCUT2D eigenvalue weighted by Gasteiger charge is 2.18. The Morgan fingerprint density at radius 3 is 2.25 bits per heavy atom. The van der Waals surface area contributed by atoms with E-state index in [1.165, 1.54) is 39.0 Å². The molecule has 12 heavy (non-hydrogen) atoms. The predicted octanol–water partition coefficient (Wildman–Crippen LogP) is 1.59. The first-order chi connectivity index (χ1) is 5.74. The third-order valence-electron chi connectivity index (χ3n) is 2.65. The van der Waals surface area contributed by atoms with Crippen molar-refractivity contribution in [3.05, 3.63) is 6.04 Å². The summed E-state index contributed by atoms with van der Waals surface area (Å²) in [5.41, 5.74) is 0. The summed E-state index contributed by atoms with van der Waals surface area (Å²) in [6, 6.07) is 1.57. The number of nitrogens with zero attached hydrogens (tertiary/aromatic N) is 2. The minimum Gasteiger partial charge on any atom is -0.304 e. The fourth-order valence-electron chi connectivity index (χ4n) is 1.71. The van der Waals surface area contributed by atoms with Crippen LogP contribution in [0.5, 0.6) is 0 Å². The maximum absolute atomic E-state index is 2.53. The van der Waals surface area contributed by atoms with Crippen molar-refractivity contribution in [1.29, 1.82) is 0 Å². The lowest BCUT2D eigenvalue weighted by molar-refractivity contribution is 0.157. The molecule has 0 aliphatic carbocycles. The Balaban J connectivity index is 2.24. The van der Waals surface area contributed by atoms with Gasteiger partial charge in [-0.05, 0) is 20.4 Å². The average molecular weight is 169 g/mol. The molecule has 71 valence electrons.